The summed E-state index contributed by atoms with van der Waals surface area (Å²) in [6.45, 7) is 1.99. The van der Waals surface area contributed by atoms with Crippen molar-refractivity contribution in [3.63, 3.8) is 0 Å². The van der Waals surface area contributed by atoms with Crippen LogP contribution in [0.5, 0.6) is 0 Å². The fourth-order valence-electron chi connectivity index (χ4n) is 4.13. The Kier molecular flexibility index (Phi) is 5.17. The Hall–Kier alpha value is -0.0800. The molecular weight excluding hydrogens is 236 g/mol. The third-order valence-electron chi connectivity index (χ3n) is 5.28. The van der Waals surface area contributed by atoms with Crippen LogP contribution >= 0.6 is 0 Å². The lowest BCUT2D eigenvalue weighted by Crippen LogP contribution is -2.28. The summed E-state index contributed by atoms with van der Waals surface area (Å²) in [7, 11) is 0. The van der Waals surface area contributed by atoms with Crippen molar-refractivity contribution in [2.75, 3.05) is 13.2 Å². The minimum Gasteiger partial charge on any atom is -0.378 e. The molecule has 1 aliphatic carbocycles. The van der Waals surface area contributed by atoms with E-state index in [1.807, 2.05) is 0 Å². The van der Waals surface area contributed by atoms with Crippen LogP contribution in [0.2, 0.25) is 0 Å². The molecule has 3 unspecified atom stereocenters. The highest BCUT2D eigenvalue weighted by molar-refractivity contribution is 5.01. The Labute approximate surface area is 118 Å². The van der Waals surface area contributed by atoms with Crippen molar-refractivity contribution in [2.24, 2.45) is 5.92 Å². The second kappa shape index (κ2) is 7.08. The first-order valence-electron chi connectivity index (χ1n) is 8.51. The molecule has 0 aromatic heterocycles. The van der Waals surface area contributed by atoms with Gasteiger partial charge in [0.2, 0.25) is 0 Å². The molecule has 2 nitrogen and oxygen atoms in total. The van der Waals surface area contributed by atoms with Crippen LogP contribution in [0.3, 0.4) is 0 Å². The number of rotatable bonds is 2. The Balaban J connectivity index is 1.50. The molecule has 19 heavy (non-hydrogen) atoms. The van der Waals surface area contributed by atoms with Gasteiger partial charge in [-0.25, -0.2) is 0 Å². The van der Waals surface area contributed by atoms with Gasteiger partial charge in [0.15, 0.2) is 0 Å². The predicted molar refractivity (Wildman–Crippen MR) is 77.0 cm³/mol. The summed E-state index contributed by atoms with van der Waals surface area (Å²) in [5.74, 6) is 2.54. The Morgan fingerprint density at radius 3 is 2.26 bits per heavy atom. The highest BCUT2D eigenvalue weighted by atomic mass is 16.5. The van der Waals surface area contributed by atoms with Crippen molar-refractivity contribution in [3.8, 4) is 0 Å². The van der Waals surface area contributed by atoms with Crippen molar-refractivity contribution >= 4 is 0 Å². The first-order valence-corrected chi connectivity index (χ1v) is 8.51. The van der Waals surface area contributed by atoms with Gasteiger partial charge in [0.1, 0.15) is 0 Å². The van der Waals surface area contributed by atoms with Gasteiger partial charge in [-0.1, -0.05) is 6.42 Å². The minimum atomic E-state index is 0.500. The van der Waals surface area contributed by atoms with Crippen molar-refractivity contribution in [1.82, 2.24) is 0 Å². The highest BCUT2D eigenvalue weighted by Crippen LogP contribution is 2.38. The molecule has 1 radical (unpaired) electrons. The van der Waals surface area contributed by atoms with Gasteiger partial charge in [-0.05, 0) is 70.1 Å². The summed E-state index contributed by atoms with van der Waals surface area (Å²) in [6, 6.07) is 0. The van der Waals surface area contributed by atoms with Gasteiger partial charge >= 0.3 is 0 Å². The average molecular weight is 265 g/mol. The molecule has 2 heteroatoms. The van der Waals surface area contributed by atoms with E-state index >= 15 is 0 Å². The molecular formula is C17H29O2. The van der Waals surface area contributed by atoms with E-state index in [0.29, 0.717) is 12.2 Å². The van der Waals surface area contributed by atoms with Gasteiger partial charge in [0.25, 0.3) is 0 Å². The van der Waals surface area contributed by atoms with E-state index in [0.717, 1.165) is 19.1 Å². The SMILES string of the molecule is C1CCC([C]2CCCC(C3CCCCO3)CC2)OC1. The molecule has 0 aromatic carbocycles. The second-order valence-corrected chi connectivity index (χ2v) is 6.61. The topological polar surface area (TPSA) is 18.5 Å². The standard InChI is InChI=1S/C17H29O2/c1-3-12-18-16(8-1)14-6-5-7-15(11-10-14)17-9-2-4-13-19-17/h14,16-17H,1-13H2. The summed E-state index contributed by atoms with van der Waals surface area (Å²) < 4.78 is 12.0. The molecule has 2 heterocycles. The molecule has 0 N–H and O–H groups in total. The minimum absolute atomic E-state index is 0.500. The lowest BCUT2D eigenvalue weighted by Gasteiger charge is -2.31. The first kappa shape index (κ1) is 13.9. The molecule has 2 saturated heterocycles. The molecule has 109 valence electrons. The molecule has 3 rings (SSSR count). The smallest absolute Gasteiger partial charge is 0.0637 e. The van der Waals surface area contributed by atoms with E-state index in [1.54, 1.807) is 5.92 Å². The van der Waals surface area contributed by atoms with Gasteiger partial charge in [-0.15, -0.1) is 0 Å². The van der Waals surface area contributed by atoms with Crippen molar-refractivity contribution in [2.45, 2.75) is 82.8 Å². The molecule has 2 aliphatic heterocycles. The van der Waals surface area contributed by atoms with Gasteiger partial charge in [-0.3, -0.25) is 0 Å². The van der Waals surface area contributed by atoms with Crippen molar-refractivity contribution in [1.29, 1.82) is 0 Å². The monoisotopic (exact) mass is 265 g/mol. The Morgan fingerprint density at radius 1 is 0.684 bits per heavy atom. The van der Waals surface area contributed by atoms with E-state index in [2.05, 4.69) is 0 Å². The Morgan fingerprint density at radius 2 is 1.53 bits per heavy atom. The first-order chi connectivity index (χ1) is 9.43. The van der Waals surface area contributed by atoms with Crippen LogP contribution in [0.25, 0.3) is 0 Å². The fourth-order valence-corrected chi connectivity index (χ4v) is 4.13. The Bertz CT molecular complexity index is 228. The van der Waals surface area contributed by atoms with Gasteiger partial charge in [-0.2, -0.15) is 0 Å². The second-order valence-electron chi connectivity index (χ2n) is 6.61. The van der Waals surface area contributed by atoms with Crippen LogP contribution < -0.4 is 0 Å². The predicted octanol–water partition coefficient (Wildman–Crippen LogP) is 4.28. The lowest BCUT2D eigenvalue weighted by molar-refractivity contribution is -0.0252. The summed E-state index contributed by atoms with van der Waals surface area (Å²) in [5, 5.41) is 0. The summed E-state index contributed by atoms with van der Waals surface area (Å²) in [4.78, 5) is 0. The fraction of sp³-hybridized carbons (Fsp3) is 0.941. The number of hydrogen-bond donors (Lipinski definition) is 0. The van der Waals surface area contributed by atoms with Crippen LogP contribution in [0.4, 0.5) is 0 Å². The van der Waals surface area contributed by atoms with Crippen molar-refractivity contribution in [3.05, 3.63) is 5.92 Å². The van der Waals surface area contributed by atoms with E-state index in [-0.39, 0.29) is 0 Å². The van der Waals surface area contributed by atoms with E-state index in [1.165, 1.54) is 70.6 Å². The summed E-state index contributed by atoms with van der Waals surface area (Å²) in [6.07, 6.45) is 15.6. The van der Waals surface area contributed by atoms with Gasteiger partial charge < -0.3 is 9.47 Å². The maximum absolute atomic E-state index is 6.01. The van der Waals surface area contributed by atoms with E-state index < -0.39 is 0 Å². The third-order valence-corrected chi connectivity index (χ3v) is 5.28. The maximum Gasteiger partial charge on any atom is 0.0637 e. The van der Waals surface area contributed by atoms with Crippen LogP contribution in [0.15, 0.2) is 0 Å². The van der Waals surface area contributed by atoms with Crippen LogP contribution in [0, 0.1) is 11.8 Å². The van der Waals surface area contributed by atoms with Gasteiger partial charge in [0, 0.05) is 19.1 Å². The zero-order valence-electron chi connectivity index (χ0n) is 12.2. The maximum atomic E-state index is 6.01. The number of hydrogen-bond acceptors (Lipinski definition) is 2. The molecule has 0 aromatic rings. The molecule has 3 atom stereocenters. The zero-order chi connectivity index (χ0) is 12.9. The van der Waals surface area contributed by atoms with Crippen LogP contribution in [-0.4, -0.2) is 25.4 Å². The van der Waals surface area contributed by atoms with E-state index in [9.17, 15) is 0 Å². The summed E-state index contributed by atoms with van der Waals surface area (Å²) >= 11 is 0. The van der Waals surface area contributed by atoms with E-state index in [4.69, 9.17) is 9.47 Å². The average Bonchev–Trinajstić information content (AvgIpc) is 2.75. The summed E-state index contributed by atoms with van der Waals surface area (Å²) in [5.41, 5.74) is 0. The van der Waals surface area contributed by atoms with Gasteiger partial charge in [0.05, 0.1) is 12.2 Å². The molecule has 3 fully saturated rings. The molecule has 0 amide bonds. The number of ether oxygens (including phenoxy) is 2. The van der Waals surface area contributed by atoms with Crippen molar-refractivity contribution < 1.29 is 9.47 Å². The van der Waals surface area contributed by atoms with Crippen LogP contribution in [-0.2, 0) is 9.47 Å². The zero-order valence-corrected chi connectivity index (χ0v) is 12.2. The normalized spacial score (nSPS) is 38.8. The third kappa shape index (κ3) is 3.72. The molecule has 3 aliphatic rings. The molecule has 1 saturated carbocycles. The highest BCUT2D eigenvalue weighted by Gasteiger charge is 2.31. The van der Waals surface area contributed by atoms with Crippen LogP contribution in [0.1, 0.15) is 70.6 Å². The lowest BCUT2D eigenvalue weighted by atomic mass is 9.87. The molecule has 0 spiro atoms. The molecule has 0 bridgehead atoms. The quantitative estimate of drug-likeness (QED) is 0.694. The largest absolute Gasteiger partial charge is 0.378 e.